The topological polar surface area (TPSA) is 82.6 Å². The van der Waals surface area contributed by atoms with Crippen molar-refractivity contribution in [3.8, 4) is 11.4 Å². The van der Waals surface area contributed by atoms with Gasteiger partial charge in [-0.25, -0.2) is 14.5 Å². The number of hydrogen-bond acceptors (Lipinski definition) is 6. The van der Waals surface area contributed by atoms with Gasteiger partial charge in [-0.3, -0.25) is 0 Å². The van der Waals surface area contributed by atoms with Crippen molar-refractivity contribution in [1.82, 2.24) is 19.7 Å². The van der Waals surface area contributed by atoms with Crippen LogP contribution >= 0.6 is 0 Å². The van der Waals surface area contributed by atoms with Crippen LogP contribution in [0.5, 0.6) is 0 Å². The summed E-state index contributed by atoms with van der Waals surface area (Å²) in [5, 5.41) is 4.50. The Morgan fingerprint density at radius 2 is 1.94 bits per heavy atom. The third kappa shape index (κ3) is 4.76. The highest BCUT2D eigenvalue weighted by molar-refractivity contribution is 5.77. The van der Waals surface area contributed by atoms with Gasteiger partial charge in [0.05, 0.1) is 11.4 Å². The predicted molar refractivity (Wildman–Crippen MR) is 124 cm³/mol. The molecular weight excluding hydrogens is 420 g/mol. The van der Waals surface area contributed by atoms with Crippen LogP contribution in [0.15, 0.2) is 34.9 Å². The lowest BCUT2D eigenvalue weighted by Crippen LogP contribution is -2.41. The minimum absolute atomic E-state index is 0.0312. The fourth-order valence-electron chi connectivity index (χ4n) is 4.62. The summed E-state index contributed by atoms with van der Waals surface area (Å²) in [4.78, 5) is 19.0. The molecule has 0 aliphatic carbocycles. The highest BCUT2D eigenvalue weighted by atomic mass is 16.6. The van der Waals surface area contributed by atoms with Crippen LogP contribution in [0.3, 0.4) is 0 Å². The Bertz CT molecular complexity index is 1120. The second-order valence-corrected chi connectivity index (χ2v) is 9.95. The molecule has 176 valence electrons. The summed E-state index contributed by atoms with van der Waals surface area (Å²) in [7, 11) is 0. The van der Waals surface area contributed by atoms with E-state index in [2.05, 4.69) is 5.10 Å². The highest BCUT2D eigenvalue weighted by Crippen LogP contribution is 2.34. The standard InChI is InChI=1S/C25H32N4O4/c1-25(2,3)33-24(30)28-13-10-17(11-14-28)22-16-19-21(32-22)8-7-18(27-19)20-9-12-26-29(20)23-6-4-5-15-31-23/h7-9,12,16-17,23H,4-6,10-11,13-15H2,1-3H3. The number of aromatic nitrogens is 3. The van der Waals surface area contributed by atoms with Crippen molar-refractivity contribution in [1.29, 1.82) is 0 Å². The molecule has 5 heterocycles. The third-order valence-corrected chi connectivity index (χ3v) is 6.30. The first-order valence-electron chi connectivity index (χ1n) is 11.9. The van der Waals surface area contributed by atoms with Gasteiger partial charge in [-0.1, -0.05) is 0 Å². The Morgan fingerprint density at radius 3 is 2.67 bits per heavy atom. The number of rotatable bonds is 3. The summed E-state index contributed by atoms with van der Waals surface area (Å²) in [6.45, 7) is 7.77. The van der Waals surface area contributed by atoms with Crippen molar-refractivity contribution in [2.24, 2.45) is 0 Å². The molecule has 5 rings (SSSR count). The molecule has 0 bridgehead atoms. The summed E-state index contributed by atoms with van der Waals surface area (Å²) in [5.41, 5.74) is 2.96. The fraction of sp³-hybridized carbons (Fsp3) is 0.560. The number of likely N-dealkylation sites (tertiary alicyclic amines) is 1. The van der Waals surface area contributed by atoms with Gasteiger partial charge in [0.15, 0.2) is 11.8 Å². The largest absolute Gasteiger partial charge is 0.459 e. The molecule has 1 unspecified atom stereocenters. The van der Waals surface area contributed by atoms with Crippen molar-refractivity contribution in [2.45, 2.75) is 70.6 Å². The van der Waals surface area contributed by atoms with Gasteiger partial charge in [0.1, 0.15) is 16.9 Å². The lowest BCUT2D eigenvalue weighted by Gasteiger charge is -2.32. The van der Waals surface area contributed by atoms with E-state index < -0.39 is 5.60 Å². The lowest BCUT2D eigenvalue weighted by molar-refractivity contribution is -0.0384. The van der Waals surface area contributed by atoms with E-state index in [1.165, 1.54) is 0 Å². The van der Waals surface area contributed by atoms with Crippen molar-refractivity contribution in [3.63, 3.8) is 0 Å². The van der Waals surface area contributed by atoms with E-state index in [1.54, 1.807) is 11.1 Å². The Balaban J connectivity index is 1.30. The number of nitrogens with zero attached hydrogens (tertiary/aromatic N) is 4. The van der Waals surface area contributed by atoms with Crippen LogP contribution in [0.25, 0.3) is 22.5 Å². The van der Waals surface area contributed by atoms with E-state index >= 15 is 0 Å². The predicted octanol–water partition coefficient (Wildman–Crippen LogP) is 5.50. The number of carbonyl (C=O) groups excluding carboxylic acids is 1. The fourth-order valence-corrected chi connectivity index (χ4v) is 4.62. The van der Waals surface area contributed by atoms with Gasteiger partial charge in [0.25, 0.3) is 0 Å². The molecule has 3 aromatic rings. The summed E-state index contributed by atoms with van der Waals surface area (Å²) in [6.07, 6.45) is 6.44. The molecule has 8 nitrogen and oxygen atoms in total. The summed E-state index contributed by atoms with van der Waals surface area (Å²) in [6, 6.07) is 8.00. The number of furan rings is 1. The third-order valence-electron chi connectivity index (χ3n) is 6.30. The summed E-state index contributed by atoms with van der Waals surface area (Å²) >= 11 is 0. The van der Waals surface area contributed by atoms with Crippen molar-refractivity contribution >= 4 is 17.2 Å². The number of piperidine rings is 1. The Kier molecular flexibility index (Phi) is 5.86. The van der Waals surface area contributed by atoms with E-state index in [1.807, 2.05) is 49.7 Å². The quantitative estimate of drug-likeness (QED) is 0.521. The smallest absolute Gasteiger partial charge is 0.410 e. The average Bonchev–Trinajstić information content (AvgIpc) is 3.45. The Labute approximate surface area is 193 Å². The van der Waals surface area contributed by atoms with Crippen molar-refractivity contribution in [3.05, 3.63) is 36.2 Å². The normalized spacial score (nSPS) is 20.3. The van der Waals surface area contributed by atoms with E-state index in [9.17, 15) is 4.79 Å². The second kappa shape index (κ2) is 8.82. The molecule has 0 saturated carbocycles. The zero-order valence-corrected chi connectivity index (χ0v) is 19.6. The van der Waals surface area contributed by atoms with Gasteiger partial charge in [0.2, 0.25) is 0 Å². The molecule has 3 aromatic heterocycles. The van der Waals surface area contributed by atoms with E-state index in [4.69, 9.17) is 18.9 Å². The van der Waals surface area contributed by atoms with Crippen LogP contribution < -0.4 is 0 Å². The van der Waals surface area contributed by atoms with Crippen LogP contribution in [-0.2, 0) is 9.47 Å². The number of hydrogen-bond donors (Lipinski definition) is 0. The number of amides is 1. The van der Waals surface area contributed by atoms with Gasteiger partial charge < -0.3 is 18.8 Å². The van der Waals surface area contributed by atoms with Gasteiger partial charge in [-0.2, -0.15) is 5.10 Å². The van der Waals surface area contributed by atoms with Gasteiger partial charge >= 0.3 is 6.09 Å². The Hall–Kier alpha value is -2.87. The maximum atomic E-state index is 12.3. The molecular formula is C25H32N4O4. The van der Waals surface area contributed by atoms with E-state index in [0.717, 1.165) is 67.0 Å². The molecule has 2 aliphatic rings. The van der Waals surface area contributed by atoms with Crippen LogP contribution in [0, 0.1) is 0 Å². The monoisotopic (exact) mass is 452 g/mol. The molecule has 0 radical (unpaired) electrons. The minimum Gasteiger partial charge on any atom is -0.459 e. The first kappa shape index (κ1) is 21.9. The van der Waals surface area contributed by atoms with Gasteiger partial charge in [0, 0.05) is 37.9 Å². The molecule has 8 heteroatoms. The Morgan fingerprint density at radius 1 is 1.12 bits per heavy atom. The maximum Gasteiger partial charge on any atom is 0.410 e. The maximum absolute atomic E-state index is 12.3. The molecule has 2 saturated heterocycles. The molecule has 2 aliphatic heterocycles. The molecule has 2 fully saturated rings. The van der Waals surface area contributed by atoms with Crippen LogP contribution in [0.4, 0.5) is 4.79 Å². The van der Waals surface area contributed by atoms with E-state index in [-0.39, 0.29) is 18.2 Å². The number of ether oxygens (including phenoxy) is 2. The minimum atomic E-state index is -0.478. The first-order valence-corrected chi connectivity index (χ1v) is 11.9. The van der Waals surface area contributed by atoms with Gasteiger partial charge in [-0.15, -0.1) is 0 Å². The SMILES string of the molecule is CC(C)(C)OC(=O)N1CCC(c2cc3nc(-c4ccnn4C4CCCCO4)ccc3o2)CC1. The van der Waals surface area contributed by atoms with Crippen LogP contribution in [-0.4, -0.2) is 51.1 Å². The molecule has 0 aromatic carbocycles. The van der Waals surface area contributed by atoms with Crippen LogP contribution in [0.1, 0.15) is 70.8 Å². The molecule has 0 N–H and O–H groups in total. The lowest BCUT2D eigenvalue weighted by atomic mass is 9.94. The second-order valence-electron chi connectivity index (χ2n) is 9.95. The van der Waals surface area contributed by atoms with Crippen molar-refractivity contribution < 1.29 is 18.7 Å². The van der Waals surface area contributed by atoms with Crippen LogP contribution in [0.2, 0.25) is 0 Å². The number of fused-ring (bicyclic) bond motifs is 1. The average molecular weight is 453 g/mol. The highest BCUT2D eigenvalue weighted by Gasteiger charge is 2.29. The van der Waals surface area contributed by atoms with Crippen molar-refractivity contribution in [2.75, 3.05) is 19.7 Å². The van der Waals surface area contributed by atoms with E-state index in [0.29, 0.717) is 13.1 Å². The zero-order chi connectivity index (χ0) is 23.0. The molecule has 0 spiro atoms. The molecule has 1 atom stereocenters. The summed E-state index contributed by atoms with van der Waals surface area (Å²) in [5.74, 6) is 1.20. The number of carbonyl (C=O) groups is 1. The first-order chi connectivity index (χ1) is 15.9. The number of pyridine rings is 1. The molecule has 33 heavy (non-hydrogen) atoms. The van der Waals surface area contributed by atoms with Gasteiger partial charge in [-0.05, 0) is 71.1 Å². The molecule has 1 amide bonds. The summed E-state index contributed by atoms with van der Waals surface area (Å²) < 4.78 is 19.5. The zero-order valence-electron chi connectivity index (χ0n) is 19.6.